The summed E-state index contributed by atoms with van der Waals surface area (Å²) in [6, 6.07) is 2.12. The van der Waals surface area contributed by atoms with Gasteiger partial charge < -0.3 is 9.30 Å². The van der Waals surface area contributed by atoms with Gasteiger partial charge in [0, 0.05) is 12.8 Å². The summed E-state index contributed by atoms with van der Waals surface area (Å²) < 4.78 is 7.53. The van der Waals surface area contributed by atoms with Crippen molar-refractivity contribution in [3.8, 4) is 6.07 Å². The number of nitrogens with zero attached hydrogens (tertiary/aromatic N) is 4. The minimum atomic E-state index is 0.0607. The van der Waals surface area contributed by atoms with Crippen molar-refractivity contribution in [1.29, 1.82) is 5.26 Å². The molecule has 0 spiro atoms. The maximum absolute atomic E-state index is 9.30. The second-order valence-corrected chi connectivity index (χ2v) is 9.83. The van der Waals surface area contributed by atoms with Crippen LogP contribution in [0, 0.1) is 16.7 Å². The highest BCUT2D eigenvalue weighted by molar-refractivity contribution is 6.36. The fourth-order valence-corrected chi connectivity index (χ4v) is 4.04. The Hall–Kier alpha value is -1.35. The molecule has 0 aliphatic heterocycles. The molecule has 30 heavy (non-hydrogen) atoms. The van der Waals surface area contributed by atoms with Gasteiger partial charge in [-0.2, -0.15) is 10.2 Å². The highest BCUT2D eigenvalue weighted by Gasteiger charge is 2.15. The molecule has 2 heterocycles. The third kappa shape index (κ3) is 8.41. The molecule has 2 rings (SSSR count). The highest BCUT2D eigenvalue weighted by atomic mass is 35.5. The Morgan fingerprint density at radius 2 is 1.57 bits per heavy atom. The van der Waals surface area contributed by atoms with Crippen LogP contribution in [0.5, 0.6) is 0 Å². The molecule has 0 saturated carbocycles. The zero-order valence-electron chi connectivity index (χ0n) is 18.5. The molecule has 7 heteroatoms. The molecule has 0 aliphatic carbocycles. The number of halogens is 2. The van der Waals surface area contributed by atoms with Crippen LogP contribution in [0.25, 0.3) is 11.0 Å². The lowest BCUT2D eigenvalue weighted by Gasteiger charge is -2.17. The van der Waals surface area contributed by atoms with E-state index in [4.69, 9.17) is 27.9 Å². The van der Waals surface area contributed by atoms with E-state index in [-0.39, 0.29) is 10.4 Å². The van der Waals surface area contributed by atoms with Crippen molar-refractivity contribution in [2.75, 3.05) is 6.61 Å². The first-order chi connectivity index (χ1) is 14.3. The Kier molecular flexibility index (Phi) is 10.4. The van der Waals surface area contributed by atoms with Crippen molar-refractivity contribution in [2.45, 2.75) is 91.7 Å². The average molecular weight is 453 g/mol. The largest absolute Gasteiger partial charge is 0.361 e. The van der Waals surface area contributed by atoms with Crippen LogP contribution in [0.3, 0.4) is 0 Å². The lowest BCUT2D eigenvalue weighted by molar-refractivity contribution is 0.0763. The number of fused-ring (bicyclic) bond motifs is 1. The summed E-state index contributed by atoms with van der Waals surface area (Å²) in [5, 5.41) is 10.1. The molecule has 166 valence electrons. The topological polar surface area (TPSA) is 63.7 Å². The second-order valence-electron chi connectivity index (χ2n) is 9.14. The number of hydrogen-bond donors (Lipinski definition) is 0. The number of rotatable bonds is 13. The maximum Gasteiger partial charge on any atom is 0.225 e. The van der Waals surface area contributed by atoms with Crippen molar-refractivity contribution >= 4 is 34.2 Å². The van der Waals surface area contributed by atoms with Gasteiger partial charge in [-0.25, -0.2) is 4.98 Å². The summed E-state index contributed by atoms with van der Waals surface area (Å²) in [5.74, 6) is 0. The molecule has 0 N–H and O–H groups in total. The van der Waals surface area contributed by atoms with Crippen LogP contribution in [0.15, 0.2) is 6.20 Å². The molecule has 0 bridgehead atoms. The predicted molar refractivity (Wildman–Crippen MR) is 124 cm³/mol. The average Bonchev–Trinajstić information content (AvgIpc) is 3.02. The SMILES string of the molecule is CC(C)(C)CCCCCCCCCCCOCn1cc(C#N)c2c(Cl)nc(Cl)nc21. The van der Waals surface area contributed by atoms with E-state index >= 15 is 0 Å². The zero-order valence-corrected chi connectivity index (χ0v) is 20.0. The highest BCUT2D eigenvalue weighted by Crippen LogP contribution is 2.27. The number of unbranched alkanes of at least 4 members (excludes halogenated alkanes) is 8. The molecule has 0 aliphatic rings. The van der Waals surface area contributed by atoms with E-state index in [0.717, 1.165) is 6.42 Å². The van der Waals surface area contributed by atoms with Gasteiger partial charge in [-0.1, -0.05) is 83.7 Å². The van der Waals surface area contributed by atoms with E-state index in [9.17, 15) is 5.26 Å². The Morgan fingerprint density at radius 1 is 0.967 bits per heavy atom. The predicted octanol–water partition coefficient (Wildman–Crippen LogP) is 7.53. The van der Waals surface area contributed by atoms with Gasteiger partial charge in [-0.15, -0.1) is 0 Å². The standard InChI is InChI=1S/C23H34Cl2N4O/c1-23(2,3)13-11-9-7-5-4-6-8-10-12-14-30-17-29-16-18(15-26)19-20(24)27-22(25)28-21(19)29/h16H,4-14,17H2,1-3H3. The molecule has 0 aromatic carbocycles. The minimum absolute atomic E-state index is 0.0607. The Balaban J connectivity index is 1.56. The van der Waals surface area contributed by atoms with E-state index in [1.54, 1.807) is 10.8 Å². The Labute approximate surface area is 190 Å². The van der Waals surface area contributed by atoms with Gasteiger partial charge in [-0.3, -0.25) is 0 Å². The molecule has 0 saturated heterocycles. The summed E-state index contributed by atoms with van der Waals surface area (Å²) in [6.07, 6.45) is 14.6. The van der Waals surface area contributed by atoms with Gasteiger partial charge in [0.15, 0.2) is 0 Å². The van der Waals surface area contributed by atoms with Crippen LogP contribution in [-0.4, -0.2) is 21.1 Å². The van der Waals surface area contributed by atoms with Gasteiger partial charge in [0.2, 0.25) is 5.28 Å². The van der Waals surface area contributed by atoms with Crippen molar-refractivity contribution in [1.82, 2.24) is 14.5 Å². The summed E-state index contributed by atoms with van der Waals surface area (Å²) in [7, 11) is 0. The summed E-state index contributed by atoms with van der Waals surface area (Å²) >= 11 is 12.0. The number of nitriles is 1. The van der Waals surface area contributed by atoms with Gasteiger partial charge in [-0.05, 0) is 29.9 Å². The maximum atomic E-state index is 9.30. The number of aromatic nitrogens is 3. The fourth-order valence-electron chi connectivity index (χ4n) is 3.56. The quantitative estimate of drug-likeness (QED) is 0.179. The van der Waals surface area contributed by atoms with Crippen molar-refractivity contribution in [2.24, 2.45) is 5.41 Å². The van der Waals surface area contributed by atoms with Crippen molar-refractivity contribution < 1.29 is 4.74 Å². The van der Waals surface area contributed by atoms with Crippen LogP contribution in [-0.2, 0) is 11.5 Å². The van der Waals surface area contributed by atoms with Crippen molar-refractivity contribution in [3.63, 3.8) is 0 Å². The second kappa shape index (κ2) is 12.5. The Bertz CT molecular complexity index is 836. The van der Waals surface area contributed by atoms with E-state index in [1.165, 1.54) is 57.8 Å². The van der Waals surface area contributed by atoms with Crippen LogP contribution < -0.4 is 0 Å². The summed E-state index contributed by atoms with van der Waals surface area (Å²) in [5.41, 5.74) is 1.43. The van der Waals surface area contributed by atoms with Gasteiger partial charge in [0.1, 0.15) is 23.6 Å². The van der Waals surface area contributed by atoms with Crippen LogP contribution in [0.4, 0.5) is 0 Å². The van der Waals surface area contributed by atoms with Gasteiger partial charge in [0.05, 0.1) is 10.9 Å². The summed E-state index contributed by atoms with van der Waals surface area (Å²) in [4.78, 5) is 8.11. The minimum Gasteiger partial charge on any atom is -0.361 e. The molecule has 0 unspecified atom stereocenters. The molecule has 0 radical (unpaired) electrons. The molecular weight excluding hydrogens is 419 g/mol. The fraction of sp³-hybridized carbons (Fsp3) is 0.696. The number of hydrogen-bond acceptors (Lipinski definition) is 4. The first-order valence-corrected chi connectivity index (χ1v) is 11.8. The molecule has 0 atom stereocenters. The third-order valence-corrected chi connectivity index (χ3v) is 5.65. The van der Waals surface area contributed by atoms with Crippen LogP contribution in [0.2, 0.25) is 10.4 Å². The lowest BCUT2D eigenvalue weighted by Crippen LogP contribution is -2.04. The van der Waals surface area contributed by atoms with Gasteiger partial charge in [0.25, 0.3) is 0 Å². The number of ether oxygens (including phenoxy) is 1. The Morgan fingerprint density at radius 3 is 2.17 bits per heavy atom. The van der Waals surface area contributed by atoms with E-state index in [1.807, 2.05) is 0 Å². The first kappa shape index (κ1) is 24.9. The van der Waals surface area contributed by atoms with E-state index in [0.29, 0.717) is 35.3 Å². The van der Waals surface area contributed by atoms with Crippen LogP contribution >= 0.6 is 23.2 Å². The van der Waals surface area contributed by atoms with E-state index in [2.05, 4.69) is 36.8 Å². The zero-order chi connectivity index (χ0) is 22.0. The molecule has 2 aromatic heterocycles. The van der Waals surface area contributed by atoms with Crippen molar-refractivity contribution in [3.05, 3.63) is 22.2 Å². The molecule has 0 amide bonds. The van der Waals surface area contributed by atoms with Gasteiger partial charge >= 0.3 is 0 Å². The monoisotopic (exact) mass is 452 g/mol. The third-order valence-electron chi connectivity index (χ3n) is 5.21. The van der Waals surface area contributed by atoms with Crippen LogP contribution in [0.1, 0.15) is 90.5 Å². The normalized spacial score (nSPS) is 11.9. The molecule has 5 nitrogen and oxygen atoms in total. The lowest BCUT2D eigenvalue weighted by atomic mass is 9.89. The molecular formula is C23H34Cl2N4O. The molecule has 0 fully saturated rings. The summed E-state index contributed by atoms with van der Waals surface area (Å²) in [6.45, 7) is 7.96. The first-order valence-electron chi connectivity index (χ1n) is 11.0. The van der Waals surface area contributed by atoms with E-state index < -0.39 is 0 Å². The smallest absolute Gasteiger partial charge is 0.225 e. The molecule has 2 aromatic rings.